The summed E-state index contributed by atoms with van der Waals surface area (Å²) >= 11 is 0. The van der Waals surface area contributed by atoms with Crippen LogP contribution in [0, 0.1) is 0 Å². The standard InChI is InChI=1S/C56H100O8P/c1-49(2)53(57)61-41-33-25-17-9-13-21-29-37-45-65(46-38-30-22-14-10-18-26-34-42-62-54(58)50(3)4,47-39-31-23-15-11-19-27-35-43-63-55(59)51(5)6)48-40-32-24-16-12-20-28-36-44-64-56(60)52(7)8/h1,3,5,7,9-48H2,2,4,6,8H3/q+1. The van der Waals surface area contributed by atoms with Crippen LogP contribution in [0.5, 0.6) is 0 Å². The quantitative estimate of drug-likeness (QED) is 0.0195. The third-order valence-corrected chi connectivity index (χ3v) is 17.5. The Morgan fingerprint density at radius 1 is 0.262 bits per heavy atom. The van der Waals surface area contributed by atoms with E-state index in [1.807, 2.05) is 0 Å². The van der Waals surface area contributed by atoms with E-state index < -0.39 is 7.26 Å². The molecule has 8 nitrogen and oxygen atoms in total. The lowest BCUT2D eigenvalue weighted by atomic mass is 10.1. The highest BCUT2D eigenvalue weighted by molar-refractivity contribution is 7.75. The van der Waals surface area contributed by atoms with Crippen molar-refractivity contribution in [2.45, 2.75) is 233 Å². The van der Waals surface area contributed by atoms with Gasteiger partial charge >= 0.3 is 23.9 Å². The summed E-state index contributed by atoms with van der Waals surface area (Å²) in [5, 5.41) is 0. The molecule has 0 atom stereocenters. The van der Waals surface area contributed by atoms with E-state index in [4.69, 9.17) is 18.9 Å². The van der Waals surface area contributed by atoms with E-state index in [-0.39, 0.29) is 23.9 Å². The molecule has 0 aliphatic heterocycles. The van der Waals surface area contributed by atoms with Crippen LogP contribution in [0.15, 0.2) is 48.6 Å². The summed E-state index contributed by atoms with van der Waals surface area (Å²) in [5.41, 5.74) is 1.88. The third-order valence-electron chi connectivity index (χ3n) is 12.4. The fraction of sp³-hybridized carbons (Fsp3) is 0.786. The second kappa shape index (κ2) is 43.8. The normalized spacial score (nSPS) is 11.3. The number of carbonyl (C=O) groups is 4. The molecular formula is C56H100O8P+. The lowest BCUT2D eigenvalue weighted by Crippen LogP contribution is -2.13. The Labute approximate surface area is 400 Å². The molecule has 0 fully saturated rings. The monoisotopic (exact) mass is 932 g/mol. The van der Waals surface area contributed by atoms with Gasteiger partial charge in [-0.2, -0.15) is 0 Å². The number of carbonyl (C=O) groups excluding carboxylic acids is 4. The van der Waals surface area contributed by atoms with Crippen LogP contribution in [-0.2, 0) is 38.1 Å². The zero-order chi connectivity index (χ0) is 48.2. The fourth-order valence-corrected chi connectivity index (χ4v) is 13.2. The van der Waals surface area contributed by atoms with Crippen molar-refractivity contribution in [2.75, 3.05) is 51.1 Å². The van der Waals surface area contributed by atoms with Gasteiger partial charge in [0.2, 0.25) is 0 Å². The van der Waals surface area contributed by atoms with Gasteiger partial charge < -0.3 is 18.9 Å². The Bertz CT molecular complexity index is 1110. The first-order valence-electron chi connectivity index (χ1n) is 26.5. The summed E-state index contributed by atoms with van der Waals surface area (Å²) in [5.74, 6) is -1.11. The molecule has 0 aromatic carbocycles. The van der Waals surface area contributed by atoms with Crippen molar-refractivity contribution in [1.29, 1.82) is 0 Å². The number of esters is 4. The van der Waals surface area contributed by atoms with Gasteiger partial charge in [-0.1, -0.05) is 155 Å². The summed E-state index contributed by atoms with van der Waals surface area (Å²) in [7, 11) is -1.04. The molecule has 0 aromatic rings. The van der Waals surface area contributed by atoms with E-state index in [1.54, 1.807) is 27.7 Å². The number of hydrogen-bond donors (Lipinski definition) is 0. The lowest BCUT2D eigenvalue weighted by molar-refractivity contribution is -0.139. The van der Waals surface area contributed by atoms with Gasteiger partial charge in [-0.05, 0) is 105 Å². The maximum Gasteiger partial charge on any atom is 0.333 e. The smallest absolute Gasteiger partial charge is 0.333 e. The Kier molecular flexibility index (Phi) is 42.0. The van der Waals surface area contributed by atoms with Crippen molar-refractivity contribution in [3.8, 4) is 0 Å². The Balaban J connectivity index is 5.12. The van der Waals surface area contributed by atoms with Crippen LogP contribution < -0.4 is 0 Å². The maximum absolute atomic E-state index is 11.6. The molecule has 0 spiro atoms. The van der Waals surface area contributed by atoms with E-state index in [2.05, 4.69) is 26.3 Å². The van der Waals surface area contributed by atoms with Crippen LogP contribution in [0.3, 0.4) is 0 Å². The maximum atomic E-state index is 11.6. The van der Waals surface area contributed by atoms with Crippen molar-refractivity contribution in [2.24, 2.45) is 0 Å². The van der Waals surface area contributed by atoms with Crippen molar-refractivity contribution in [1.82, 2.24) is 0 Å². The molecule has 0 saturated heterocycles. The van der Waals surface area contributed by atoms with E-state index in [0.717, 1.165) is 51.4 Å². The second-order valence-electron chi connectivity index (χ2n) is 19.2. The molecule has 0 aliphatic carbocycles. The molecule has 0 aliphatic rings. The van der Waals surface area contributed by atoms with E-state index in [1.165, 1.54) is 179 Å². The number of rotatable bonds is 48. The number of unbranched alkanes of at least 4 members (excludes halogenated alkanes) is 28. The summed E-state index contributed by atoms with van der Waals surface area (Å²) in [4.78, 5) is 46.5. The molecule has 0 radical (unpaired) electrons. The molecule has 376 valence electrons. The first kappa shape index (κ1) is 62.3. The van der Waals surface area contributed by atoms with Crippen LogP contribution in [-0.4, -0.2) is 75.0 Å². The molecule has 0 aromatic heterocycles. The highest BCUT2D eigenvalue weighted by Crippen LogP contribution is 2.61. The van der Waals surface area contributed by atoms with Gasteiger partial charge in [0.05, 0.1) is 51.1 Å². The van der Waals surface area contributed by atoms with Gasteiger partial charge in [-0.3, -0.25) is 0 Å². The molecule has 9 heteroatoms. The highest BCUT2D eigenvalue weighted by Gasteiger charge is 2.35. The van der Waals surface area contributed by atoms with Gasteiger partial charge in [0.15, 0.2) is 0 Å². The van der Waals surface area contributed by atoms with E-state index in [0.29, 0.717) is 48.7 Å². The minimum absolute atomic E-state index is 0.277. The van der Waals surface area contributed by atoms with Crippen LogP contribution in [0.25, 0.3) is 0 Å². The predicted octanol–water partition coefficient (Wildman–Crippen LogP) is 16.0. The molecule has 0 saturated carbocycles. The van der Waals surface area contributed by atoms with E-state index in [9.17, 15) is 19.2 Å². The molecule has 0 N–H and O–H groups in total. The SMILES string of the molecule is C=C(C)C(=O)OCCCCCCCCCC[P+](CCCCCCCCCCOC(=O)C(=C)C)(CCCCCCCCCCOC(=O)C(=C)C)CCCCCCCCCCOC(=O)C(=C)C. The average Bonchev–Trinajstić information content (AvgIpc) is 3.27. The van der Waals surface area contributed by atoms with Gasteiger partial charge in [0.25, 0.3) is 0 Å². The third kappa shape index (κ3) is 40.1. The molecule has 0 heterocycles. The molecule has 0 bridgehead atoms. The Morgan fingerprint density at radius 2 is 0.400 bits per heavy atom. The van der Waals surface area contributed by atoms with Gasteiger partial charge in [0.1, 0.15) is 0 Å². The summed E-state index contributed by atoms with van der Waals surface area (Å²) in [6.07, 6.45) is 45.5. The molecule has 0 amide bonds. The molecule has 0 rings (SSSR count). The first-order valence-corrected chi connectivity index (χ1v) is 29.0. The van der Waals surface area contributed by atoms with Crippen LogP contribution in [0.4, 0.5) is 0 Å². The zero-order valence-corrected chi connectivity index (χ0v) is 43.7. The second-order valence-corrected chi connectivity index (χ2v) is 23.7. The van der Waals surface area contributed by atoms with Gasteiger partial charge in [-0.15, -0.1) is 0 Å². The Hall–Kier alpha value is -2.73. The minimum Gasteiger partial charge on any atom is -0.462 e. The van der Waals surface area contributed by atoms with Gasteiger partial charge in [-0.25, -0.2) is 19.2 Å². The van der Waals surface area contributed by atoms with Crippen molar-refractivity contribution in [3.63, 3.8) is 0 Å². The molecule has 0 unspecified atom stereocenters. The lowest BCUT2D eigenvalue weighted by Gasteiger charge is -2.28. The predicted molar refractivity (Wildman–Crippen MR) is 277 cm³/mol. The Morgan fingerprint density at radius 3 is 0.554 bits per heavy atom. The topological polar surface area (TPSA) is 105 Å². The van der Waals surface area contributed by atoms with Crippen LogP contribution >= 0.6 is 7.26 Å². The average molecular weight is 932 g/mol. The van der Waals surface area contributed by atoms with Crippen molar-refractivity contribution < 1.29 is 38.1 Å². The summed E-state index contributed by atoms with van der Waals surface area (Å²) < 4.78 is 21.0. The molecular weight excluding hydrogens is 832 g/mol. The largest absolute Gasteiger partial charge is 0.462 e. The summed E-state index contributed by atoms with van der Waals surface area (Å²) in [6, 6.07) is 0. The number of ether oxygens (including phenoxy) is 4. The van der Waals surface area contributed by atoms with Crippen molar-refractivity contribution >= 4 is 31.1 Å². The van der Waals surface area contributed by atoms with Crippen molar-refractivity contribution in [3.05, 3.63) is 48.6 Å². The highest BCUT2D eigenvalue weighted by atomic mass is 31.2. The van der Waals surface area contributed by atoms with E-state index >= 15 is 0 Å². The first-order chi connectivity index (χ1) is 31.3. The summed E-state index contributed by atoms with van der Waals surface area (Å²) in [6.45, 7) is 23.4. The fourth-order valence-electron chi connectivity index (χ4n) is 8.26. The zero-order valence-electron chi connectivity index (χ0n) is 42.8. The minimum atomic E-state index is -1.04. The van der Waals surface area contributed by atoms with Crippen LogP contribution in [0.1, 0.15) is 233 Å². The molecule has 65 heavy (non-hydrogen) atoms. The number of hydrogen-bond acceptors (Lipinski definition) is 8. The van der Waals surface area contributed by atoms with Crippen LogP contribution in [0.2, 0.25) is 0 Å². The van der Waals surface area contributed by atoms with Gasteiger partial charge in [0, 0.05) is 29.6 Å².